The number of thiophene rings is 1. The second kappa shape index (κ2) is 9.57. The van der Waals surface area contributed by atoms with Crippen LogP contribution in [0.25, 0.3) is 0 Å². The molecule has 32 heavy (non-hydrogen) atoms. The third-order valence-electron chi connectivity index (χ3n) is 6.19. The van der Waals surface area contributed by atoms with Gasteiger partial charge in [-0.3, -0.25) is 4.79 Å². The molecule has 1 amide bonds. The topological polar surface area (TPSA) is 66.5 Å². The van der Waals surface area contributed by atoms with E-state index in [1.54, 1.807) is 23.5 Å². The summed E-state index contributed by atoms with van der Waals surface area (Å²) in [7, 11) is -3.55. The first-order valence-corrected chi connectivity index (χ1v) is 13.1. The number of rotatable bonds is 6. The largest absolute Gasteiger partial charge is 0.344 e. The third-order valence-corrected chi connectivity index (χ3v) is 9.02. The van der Waals surface area contributed by atoms with Gasteiger partial charge >= 0.3 is 0 Å². The molecule has 3 aromatic rings. The van der Waals surface area contributed by atoms with Gasteiger partial charge in [-0.05, 0) is 67.0 Å². The number of sulfonamides is 1. The highest BCUT2D eigenvalue weighted by atomic mass is 32.2. The van der Waals surface area contributed by atoms with Crippen molar-refractivity contribution in [1.82, 2.24) is 9.62 Å². The summed E-state index contributed by atoms with van der Waals surface area (Å²) in [6.45, 7) is 4.58. The van der Waals surface area contributed by atoms with Crippen LogP contribution in [0, 0.1) is 19.8 Å². The Morgan fingerprint density at radius 3 is 2.34 bits per heavy atom. The van der Waals surface area contributed by atoms with E-state index in [2.05, 4.69) is 5.32 Å². The maximum Gasteiger partial charge on any atom is 0.243 e. The molecule has 1 atom stereocenters. The molecule has 168 valence electrons. The van der Waals surface area contributed by atoms with E-state index < -0.39 is 10.0 Å². The molecule has 1 aromatic heterocycles. The normalized spacial score (nSPS) is 16.6. The second-order valence-corrected chi connectivity index (χ2v) is 11.2. The molecule has 0 spiro atoms. The van der Waals surface area contributed by atoms with Crippen molar-refractivity contribution in [2.75, 3.05) is 13.1 Å². The molecule has 0 aliphatic carbocycles. The number of hydrogen-bond donors (Lipinski definition) is 1. The number of piperidine rings is 1. The summed E-state index contributed by atoms with van der Waals surface area (Å²) in [6.07, 6.45) is 1.03. The Morgan fingerprint density at radius 1 is 1.00 bits per heavy atom. The minimum atomic E-state index is -3.55. The molecular weight excluding hydrogens is 440 g/mol. The fourth-order valence-electron chi connectivity index (χ4n) is 4.06. The number of nitrogens with zero attached hydrogens (tertiary/aromatic N) is 1. The summed E-state index contributed by atoms with van der Waals surface area (Å²) in [4.78, 5) is 14.5. The molecular formula is C25H28N2O3S2. The molecule has 0 radical (unpaired) electrons. The van der Waals surface area contributed by atoms with E-state index in [1.807, 2.05) is 67.8 Å². The molecule has 1 fully saturated rings. The van der Waals surface area contributed by atoms with Crippen LogP contribution in [0.3, 0.4) is 0 Å². The van der Waals surface area contributed by atoms with E-state index in [4.69, 9.17) is 0 Å². The number of hydrogen-bond acceptors (Lipinski definition) is 4. The van der Waals surface area contributed by atoms with Crippen LogP contribution in [0.4, 0.5) is 0 Å². The minimum absolute atomic E-state index is 0.0181. The highest BCUT2D eigenvalue weighted by Crippen LogP contribution is 2.29. The van der Waals surface area contributed by atoms with E-state index in [0.717, 1.165) is 21.6 Å². The van der Waals surface area contributed by atoms with Crippen molar-refractivity contribution in [3.05, 3.63) is 87.6 Å². The van der Waals surface area contributed by atoms with Gasteiger partial charge in [0, 0.05) is 23.9 Å². The first-order valence-electron chi connectivity index (χ1n) is 10.8. The van der Waals surface area contributed by atoms with Gasteiger partial charge < -0.3 is 5.32 Å². The van der Waals surface area contributed by atoms with Crippen molar-refractivity contribution in [2.24, 2.45) is 5.92 Å². The van der Waals surface area contributed by atoms with E-state index in [1.165, 1.54) is 4.31 Å². The van der Waals surface area contributed by atoms with E-state index in [9.17, 15) is 13.2 Å². The zero-order valence-electron chi connectivity index (χ0n) is 18.3. The van der Waals surface area contributed by atoms with Crippen molar-refractivity contribution < 1.29 is 13.2 Å². The predicted octanol–water partition coefficient (Wildman–Crippen LogP) is 4.67. The van der Waals surface area contributed by atoms with Crippen LogP contribution in [-0.2, 0) is 14.8 Å². The smallest absolute Gasteiger partial charge is 0.243 e. The number of amides is 1. The van der Waals surface area contributed by atoms with Crippen LogP contribution in [0.2, 0.25) is 0 Å². The molecule has 5 nitrogen and oxygen atoms in total. The van der Waals surface area contributed by atoms with Gasteiger partial charge in [0.1, 0.15) is 0 Å². The molecule has 0 unspecified atom stereocenters. The van der Waals surface area contributed by atoms with Crippen molar-refractivity contribution in [3.8, 4) is 0 Å². The van der Waals surface area contributed by atoms with Gasteiger partial charge in [-0.25, -0.2) is 8.42 Å². The van der Waals surface area contributed by atoms with Gasteiger partial charge in [0.15, 0.2) is 0 Å². The zero-order valence-corrected chi connectivity index (χ0v) is 20.0. The Hall–Kier alpha value is -2.48. The second-order valence-electron chi connectivity index (χ2n) is 8.29. The Bertz CT molecular complexity index is 1170. The summed E-state index contributed by atoms with van der Waals surface area (Å²) in [5.74, 6) is -0.220. The Morgan fingerprint density at radius 2 is 1.72 bits per heavy atom. The molecule has 7 heteroatoms. The van der Waals surface area contributed by atoms with Crippen molar-refractivity contribution >= 4 is 27.3 Å². The number of nitrogens with one attached hydrogen (secondary N) is 1. The maximum atomic E-state index is 13.1. The number of benzene rings is 2. The first-order chi connectivity index (χ1) is 15.4. The Labute approximate surface area is 194 Å². The van der Waals surface area contributed by atoms with Crippen LogP contribution in [0.5, 0.6) is 0 Å². The van der Waals surface area contributed by atoms with Crippen molar-refractivity contribution in [2.45, 2.75) is 37.6 Å². The average molecular weight is 469 g/mol. The average Bonchev–Trinajstić information content (AvgIpc) is 3.34. The molecule has 0 saturated carbocycles. The fourth-order valence-corrected chi connectivity index (χ4v) is 6.42. The van der Waals surface area contributed by atoms with Crippen LogP contribution >= 0.6 is 11.3 Å². The molecule has 2 heterocycles. The van der Waals surface area contributed by atoms with Gasteiger partial charge in [0.25, 0.3) is 0 Å². The monoisotopic (exact) mass is 468 g/mol. The summed E-state index contributed by atoms with van der Waals surface area (Å²) >= 11 is 1.62. The molecule has 1 saturated heterocycles. The van der Waals surface area contributed by atoms with Crippen LogP contribution in [0.1, 0.15) is 40.5 Å². The molecule has 1 aliphatic rings. The van der Waals surface area contributed by atoms with Gasteiger partial charge in [0.2, 0.25) is 15.9 Å². The standard InChI is InChI=1S/C25H28N2O3S2/c1-18-10-11-22(17-19(18)2)32(29,30)27-14-12-21(13-15-27)25(28)26-24(23-9-6-16-31-23)20-7-4-3-5-8-20/h3-11,16-17,21,24H,12-15H2,1-2H3,(H,26,28)/t24-/m1/s1. The lowest BCUT2D eigenvalue weighted by Crippen LogP contribution is -2.43. The Balaban J connectivity index is 1.43. The third kappa shape index (κ3) is 4.80. The number of carbonyl (C=O) groups is 1. The SMILES string of the molecule is Cc1ccc(S(=O)(=O)N2CCC(C(=O)N[C@H](c3ccccc3)c3cccs3)CC2)cc1C. The lowest BCUT2D eigenvalue weighted by molar-refractivity contribution is -0.126. The Kier molecular flexibility index (Phi) is 6.79. The molecule has 2 aromatic carbocycles. The fraction of sp³-hybridized carbons (Fsp3) is 0.320. The molecule has 4 rings (SSSR count). The van der Waals surface area contributed by atoms with Gasteiger partial charge in [-0.1, -0.05) is 42.5 Å². The maximum absolute atomic E-state index is 13.1. The van der Waals surface area contributed by atoms with Crippen LogP contribution in [-0.4, -0.2) is 31.7 Å². The highest BCUT2D eigenvalue weighted by molar-refractivity contribution is 7.89. The summed E-state index contributed by atoms with van der Waals surface area (Å²) in [5, 5.41) is 5.22. The summed E-state index contributed by atoms with van der Waals surface area (Å²) in [6, 6.07) is 19.0. The quantitative estimate of drug-likeness (QED) is 0.572. The number of carbonyl (C=O) groups excluding carboxylic acids is 1. The van der Waals surface area contributed by atoms with Crippen molar-refractivity contribution in [3.63, 3.8) is 0 Å². The molecule has 1 aliphatic heterocycles. The molecule has 1 N–H and O–H groups in total. The number of aryl methyl sites for hydroxylation is 2. The predicted molar refractivity (Wildman–Crippen MR) is 128 cm³/mol. The minimum Gasteiger partial charge on any atom is -0.344 e. The van der Waals surface area contributed by atoms with Crippen LogP contribution in [0.15, 0.2) is 70.9 Å². The van der Waals surface area contributed by atoms with Gasteiger partial charge in [0.05, 0.1) is 10.9 Å². The van der Waals surface area contributed by atoms with Gasteiger partial charge in [-0.15, -0.1) is 11.3 Å². The summed E-state index contributed by atoms with van der Waals surface area (Å²) < 4.78 is 27.7. The van der Waals surface area contributed by atoms with Crippen molar-refractivity contribution in [1.29, 1.82) is 0 Å². The van der Waals surface area contributed by atoms with E-state index in [-0.39, 0.29) is 17.9 Å². The van der Waals surface area contributed by atoms with Gasteiger partial charge in [-0.2, -0.15) is 4.31 Å². The highest BCUT2D eigenvalue weighted by Gasteiger charge is 2.33. The van der Waals surface area contributed by atoms with E-state index in [0.29, 0.717) is 30.8 Å². The molecule has 0 bridgehead atoms. The zero-order chi connectivity index (χ0) is 22.7. The lowest BCUT2D eigenvalue weighted by atomic mass is 9.96. The first kappa shape index (κ1) is 22.7. The summed E-state index contributed by atoms with van der Waals surface area (Å²) in [5.41, 5.74) is 3.07. The lowest BCUT2D eigenvalue weighted by Gasteiger charge is -2.31. The van der Waals surface area contributed by atoms with Crippen LogP contribution < -0.4 is 5.32 Å². The van der Waals surface area contributed by atoms with E-state index >= 15 is 0 Å².